The van der Waals surface area contributed by atoms with Crippen LogP contribution >= 0.6 is 0 Å². The van der Waals surface area contributed by atoms with E-state index < -0.39 is 0 Å². The van der Waals surface area contributed by atoms with Crippen LogP contribution in [0.5, 0.6) is 0 Å². The van der Waals surface area contributed by atoms with E-state index in [-0.39, 0.29) is 11.8 Å². The molecule has 1 N–H and O–H groups in total. The summed E-state index contributed by atoms with van der Waals surface area (Å²) in [6, 6.07) is 0. The molecular weight excluding hydrogens is 238 g/mol. The van der Waals surface area contributed by atoms with E-state index in [0.717, 1.165) is 43.0 Å². The van der Waals surface area contributed by atoms with E-state index in [1.165, 1.54) is 0 Å². The second-order valence-corrected chi connectivity index (χ2v) is 5.28. The molecule has 0 radical (unpaired) electrons. The molecule has 0 saturated carbocycles. The minimum Gasteiger partial charge on any atom is -0.359 e. The molecule has 0 bridgehead atoms. The molecule has 19 heavy (non-hydrogen) atoms. The van der Waals surface area contributed by atoms with Crippen LogP contribution in [-0.2, 0) is 4.79 Å². The number of nitrogens with one attached hydrogen (secondary N) is 1. The van der Waals surface area contributed by atoms with E-state index in [2.05, 4.69) is 21.8 Å². The third-order valence-electron chi connectivity index (χ3n) is 3.15. The van der Waals surface area contributed by atoms with Gasteiger partial charge < -0.3 is 10.2 Å². The van der Waals surface area contributed by atoms with Gasteiger partial charge in [-0.3, -0.25) is 4.79 Å². The summed E-state index contributed by atoms with van der Waals surface area (Å²) in [5.41, 5.74) is 2.02. The topological polar surface area (TPSA) is 44.7 Å². The Balaban J connectivity index is 2.73. The summed E-state index contributed by atoms with van der Waals surface area (Å²) >= 11 is 0. The van der Waals surface area contributed by atoms with Gasteiger partial charge in [-0.2, -0.15) is 0 Å². The van der Waals surface area contributed by atoms with Crippen molar-refractivity contribution in [3.63, 3.8) is 0 Å². The van der Waals surface area contributed by atoms with Crippen molar-refractivity contribution in [2.45, 2.75) is 33.6 Å². The van der Waals surface area contributed by atoms with Crippen molar-refractivity contribution in [1.82, 2.24) is 10.2 Å². The van der Waals surface area contributed by atoms with Crippen LogP contribution in [0.25, 0.3) is 0 Å². The van der Waals surface area contributed by atoms with Crippen molar-refractivity contribution in [3.8, 4) is 0 Å². The van der Waals surface area contributed by atoms with Gasteiger partial charge in [0, 0.05) is 31.8 Å². The van der Waals surface area contributed by atoms with Crippen molar-refractivity contribution in [3.05, 3.63) is 24.0 Å². The zero-order valence-corrected chi connectivity index (χ0v) is 12.5. The molecule has 0 aromatic heterocycles. The molecule has 1 aliphatic rings. The first-order valence-electron chi connectivity index (χ1n) is 6.79. The molecule has 1 amide bonds. The second kappa shape index (κ2) is 7.12. The van der Waals surface area contributed by atoms with Crippen molar-refractivity contribution in [1.29, 1.82) is 0 Å². The Morgan fingerprint density at radius 1 is 1.32 bits per heavy atom. The number of amides is 1. The van der Waals surface area contributed by atoms with E-state index in [1.54, 1.807) is 7.05 Å². The molecule has 0 spiro atoms. The number of likely N-dealkylation sites (tertiary alicyclic amines) is 1. The van der Waals surface area contributed by atoms with Gasteiger partial charge in [0.15, 0.2) is 0 Å². The third kappa shape index (κ3) is 4.89. The summed E-state index contributed by atoms with van der Waals surface area (Å²) in [5, 5.41) is 2.73. The normalized spacial score (nSPS) is 17.1. The van der Waals surface area contributed by atoms with Crippen LogP contribution in [0.4, 0.5) is 0 Å². The molecule has 1 saturated heterocycles. The van der Waals surface area contributed by atoms with E-state index >= 15 is 0 Å². The maximum absolute atomic E-state index is 11.6. The number of nitrogens with zero attached hydrogens (tertiary/aromatic N) is 2. The summed E-state index contributed by atoms with van der Waals surface area (Å²) in [5.74, 6) is 1.25. The largest absolute Gasteiger partial charge is 0.359 e. The van der Waals surface area contributed by atoms with Crippen LogP contribution in [0.15, 0.2) is 29.0 Å². The summed E-state index contributed by atoms with van der Waals surface area (Å²) in [6.45, 7) is 11.6. The van der Waals surface area contributed by atoms with E-state index in [4.69, 9.17) is 0 Å². The molecule has 1 aliphatic heterocycles. The van der Waals surface area contributed by atoms with Gasteiger partial charge in [-0.15, -0.1) is 0 Å². The lowest BCUT2D eigenvalue weighted by Gasteiger charge is -2.33. The van der Waals surface area contributed by atoms with Crippen LogP contribution in [0.3, 0.4) is 0 Å². The highest BCUT2D eigenvalue weighted by atomic mass is 16.1. The number of hydrogen-bond acceptors (Lipinski definition) is 3. The number of allylic oxidation sites excluding steroid dienone is 2. The van der Waals surface area contributed by atoms with Gasteiger partial charge in [-0.1, -0.05) is 12.2 Å². The Morgan fingerprint density at radius 2 is 1.89 bits per heavy atom. The predicted molar refractivity (Wildman–Crippen MR) is 80.0 cm³/mol. The Kier molecular flexibility index (Phi) is 5.80. The van der Waals surface area contributed by atoms with Gasteiger partial charge >= 0.3 is 0 Å². The first-order chi connectivity index (χ1) is 8.93. The first kappa shape index (κ1) is 15.5. The summed E-state index contributed by atoms with van der Waals surface area (Å²) in [6.07, 6.45) is 3.77. The standard InChI is InChI=1S/C15H25N3O/c1-11(2)10-14(17-12(3)4)18-8-6-13(7-9-18)15(19)16-5/h10,13H,1,6-9H2,2-5H3,(H,16,19)/b14-10+. The molecule has 0 atom stereocenters. The quantitative estimate of drug-likeness (QED) is 0.625. The molecule has 0 aromatic carbocycles. The van der Waals surface area contributed by atoms with Gasteiger partial charge in [0.25, 0.3) is 0 Å². The minimum atomic E-state index is 0.138. The maximum Gasteiger partial charge on any atom is 0.222 e. The van der Waals surface area contributed by atoms with Gasteiger partial charge in [-0.25, -0.2) is 4.99 Å². The van der Waals surface area contributed by atoms with Crippen LogP contribution < -0.4 is 5.32 Å². The molecule has 1 rings (SSSR count). The van der Waals surface area contributed by atoms with Gasteiger partial charge in [-0.05, 0) is 39.7 Å². The predicted octanol–water partition coefficient (Wildman–Crippen LogP) is 2.34. The Bertz CT molecular complexity index is 398. The van der Waals surface area contributed by atoms with Crippen molar-refractivity contribution < 1.29 is 4.79 Å². The minimum absolute atomic E-state index is 0.138. The zero-order chi connectivity index (χ0) is 14.4. The molecule has 106 valence electrons. The molecule has 1 fully saturated rings. The average Bonchev–Trinajstić information content (AvgIpc) is 2.36. The highest BCUT2D eigenvalue weighted by Gasteiger charge is 2.25. The third-order valence-corrected chi connectivity index (χ3v) is 3.15. The Labute approximate surface area is 116 Å². The summed E-state index contributed by atoms with van der Waals surface area (Å²) in [7, 11) is 1.70. The number of hydrogen-bond donors (Lipinski definition) is 1. The fourth-order valence-electron chi connectivity index (χ4n) is 2.22. The average molecular weight is 263 g/mol. The van der Waals surface area contributed by atoms with Gasteiger partial charge in [0.1, 0.15) is 5.82 Å². The number of rotatable bonds is 4. The van der Waals surface area contributed by atoms with Crippen LogP contribution in [0.1, 0.15) is 33.6 Å². The molecule has 4 heteroatoms. The van der Waals surface area contributed by atoms with E-state index in [0.29, 0.717) is 0 Å². The molecule has 0 aromatic rings. The highest BCUT2D eigenvalue weighted by Crippen LogP contribution is 2.22. The van der Waals surface area contributed by atoms with Crippen LogP contribution in [-0.4, -0.2) is 36.7 Å². The molecule has 0 unspecified atom stereocenters. The maximum atomic E-state index is 11.6. The highest BCUT2D eigenvalue weighted by molar-refractivity contribution is 5.80. The monoisotopic (exact) mass is 263 g/mol. The SMILES string of the molecule is C=C(C)/C=C(\N=C(C)C)N1CCC(C(=O)NC)CC1. The lowest BCUT2D eigenvalue weighted by atomic mass is 9.96. The Morgan fingerprint density at radius 3 is 2.32 bits per heavy atom. The van der Waals surface area contributed by atoms with E-state index in [1.807, 2.05) is 26.8 Å². The van der Waals surface area contributed by atoms with Crippen molar-refractivity contribution in [2.24, 2.45) is 10.9 Å². The first-order valence-corrected chi connectivity index (χ1v) is 6.79. The molecule has 4 nitrogen and oxygen atoms in total. The summed E-state index contributed by atoms with van der Waals surface area (Å²) in [4.78, 5) is 18.4. The summed E-state index contributed by atoms with van der Waals surface area (Å²) < 4.78 is 0. The Hall–Kier alpha value is -1.58. The van der Waals surface area contributed by atoms with E-state index in [9.17, 15) is 4.79 Å². The van der Waals surface area contributed by atoms with Crippen LogP contribution in [0.2, 0.25) is 0 Å². The van der Waals surface area contributed by atoms with Gasteiger partial charge in [0.05, 0.1) is 0 Å². The lowest BCUT2D eigenvalue weighted by Crippen LogP contribution is -2.39. The molecule has 1 heterocycles. The zero-order valence-electron chi connectivity index (χ0n) is 12.5. The number of aliphatic imine (C=N–C) groups is 1. The second-order valence-electron chi connectivity index (χ2n) is 5.28. The van der Waals surface area contributed by atoms with Crippen molar-refractivity contribution in [2.75, 3.05) is 20.1 Å². The number of piperidine rings is 1. The molecular formula is C15H25N3O. The lowest BCUT2D eigenvalue weighted by molar-refractivity contribution is -0.125. The van der Waals surface area contributed by atoms with Crippen molar-refractivity contribution >= 4 is 11.6 Å². The van der Waals surface area contributed by atoms with Crippen LogP contribution in [0, 0.1) is 5.92 Å². The fourth-order valence-corrected chi connectivity index (χ4v) is 2.22. The van der Waals surface area contributed by atoms with Gasteiger partial charge in [0.2, 0.25) is 5.91 Å². The number of carbonyl (C=O) groups excluding carboxylic acids is 1. The fraction of sp³-hybridized carbons (Fsp3) is 0.600. The smallest absolute Gasteiger partial charge is 0.222 e. The molecule has 0 aliphatic carbocycles. The number of carbonyl (C=O) groups is 1.